The minimum absolute atomic E-state index is 0.103. The van der Waals surface area contributed by atoms with Gasteiger partial charge in [0.15, 0.2) is 0 Å². The summed E-state index contributed by atoms with van der Waals surface area (Å²) in [7, 11) is 0. The third kappa shape index (κ3) is 4.97. The summed E-state index contributed by atoms with van der Waals surface area (Å²) >= 11 is 5.78. The second-order valence-corrected chi connectivity index (χ2v) is 6.33. The van der Waals surface area contributed by atoms with Crippen LogP contribution in [-0.4, -0.2) is 31.1 Å². The van der Waals surface area contributed by atoms with Crippen LogP contribution in [0.2, 0.25) is 5.02 Å². The zero-order valence-electron chi connectivity index (χ0n) is 14.0. The minimum Gasteiger partial charge on any atom is -0.491 e. The first-order valence-corrected chi connectivity index (χ1v) is 8.70. The molecule has 1 saturated heterocycles. The first kappa shape index (κ1) is 18.2. The molecule has 0 saturated carbocycles. The summed E-state index contributed by atoms with van der Waals surface area (Å²) in [5.41, 5.74) is 5.53. The standard InChI is InChI=1S/C19H19ClN2O4/c20-15-8-6-13(7-9-15)18(23)21-22-19(24)14-3-1-4-16(11-14)26-12-17-5-2-10-25-17/h1,3-4,6-9,11,17H,2,5,10,12H2,(H,21,23)(H,22,24). The highest BCUT2D eigenvalue weighted by atomic mass is 35.5. The van der Waals surface area contributed by atoms with Crippen molar-refractivity contribution in [1.29, 1.82) is 0 Å². The van der Waals surface area contributed by atoms with Crippen molar-refractivity contribution in [2.24, 2.45) is 0 Å². The zero-order valence-corrected chi connectivity index (χ0v) is 14.8. The summed E-state index contributed by atoms with van der Waals surface area (Å²) < 4.78 is 11.2. The minimum atomic E-state index is -0.435. The molecule has 0 spiro atoms. The van der Waals surface area contributed by atoms with Crippen LogP contribution in [0.15, 0.2) is 48.5 Å². The maximum absolute atomic E-state index is 12.2. The highest BCUT2D eigenvalue weighted by Gasteiger charge is 2.16. The van der Waals surface area contributed by atoms with Gasteiger partial charge in [-0.1, -0.05) is 17.7 Å². The molecule has 2 amide bonds. The van der Waals surface area contributed by atoms with Gasteiger partial charge >= 0.3 is 0 Å². The van der Waals surface area contributed by atoms with E-state index in [2.05, 4.69) is 10.9 Å². The SMILES string of the molecule is O=C(NNC(=O)c1cccc(OCC2CCCO2)c1)c1ccc(Cl)cc1. The van der Waals surface area contributed by atoms with Crippen LogP contribution in [-0.2, 0) is 4.74 Å². The Kier molecular flexibility index (Phi) is 6.09. The van der Waals surface area contributed by atoms with E-state index in [1.807, 2.05) is 0 Å². The lowest BCUT2D eigenvalue weighted by atomic mass is 10.2. The van der Waals surface area contributed by atoms with Crippen molar-refractivity contribution in [3.63, 3.8) is 0 Å². The summed E-state index contributed by atoms with van der Waals surface area (Å²) in [6.07, 6.45) is 2.13. The number of hydrogen-bond acceptors (Lipinski definition) is 4. The maximum Gasteiger partial charge on any atom is 0.269 e. The lowest BCUT2D eigenvalue weighted by Crippen LogP contribution is -2.41. The Morgan fingerprint density at radius 2 is 1.81 bits per heavy atom. The summed E-state index contributed by atoms with van der Waals surface area (Å²) in [6, 6.07) is 13.1. The molecule has 26 heavy (non-hydrogen) atoms. The van der Waals surface area contributed by atoms with Gasteiger partial charge in [-0.15, -0.1) is 0 Å². The fraction of sp³-hybridized carbons (Fsp3) is 0.263. The first-order valence-electron chi connectivity index (χ1n) is 8.32. The molecule has 1 aliphatic rings. The van der Waals surface area contributed by atoms with Gasteiger partial charge in [-0.25, -0.2) is 0 Å². The van der Waals surface area contributed by atoms with E-state index < -0.39 is 11.8 Å². The van der Waals surface area contributed by atoms with Gasteiger partial charge in [0, 0.05) is 22.8 Å². The smallest absolute Gasteiger partial charge is 0.269 e. The number of carbonyl (C=O) groups is 2. The van der Waals surface area contributed by atoms with Crippen molar-refractivity contribution in [3.8, 4) is 5.75 Å². The van der Waals surface area contributed by atoms with Gasteiger partial charge in [-0.3, -0.25) is 20.4 Å². The van der Waals surface area contributed by atoms with Crippen molar-refractivity contribution in [2.45, 2.75) is 18.9 Å². The van der Waals surface area contributed by atoms with Gasteiger partial charge in [-0.2, -0.15) is 0 Å². The molecular formula is C19H19ClN2O4. The number of nitrogens with one attached hydrogen (secondary N) is 2. The Hall–Kier alpha value is -2.57. The van der Waals surface area contributed by atoms with Gasteiger partial charge in [0.05, 0.1) is 6.10 Å². The predicted octanol–water partition coefficient (Wildman–Crippen LogP) is 2.97. The Morgan fingerprint density at radius 1 is 1.08 bits per heavy atom. The van der Waals surface area contributed by atoms with E-state index in [0.717, 1.165) is 19.4 Å². The van der Waals surface area contributed by atoms with Crippen LogP contribution >= 0.6 is 11.6 Å². The van der Waals surface area contributed by atoms with E-state index in [-0.39, 0.29) is 6.10 Å². The van der Waals surface area contributed by atoms with E-state index >= 15 is 0 Å². The Balaban J connectivity index is 1.53. The molecule has 1 aliphatic heterocycles. The molecule has 1 atom stereocenters. The Morgan fingerprint density at radius 3 is 2.50 bits per heavy atom. The molecule has 1 fully saturated rings. The van der Waals surface area contributed by atoms with Crippen LogP contribution in [0.1, 0.15) is 33.6 Å². The molecule has 0 aliphatic carbocycles. The highest BCUT2D eigenvalue weighted by molar-refractivity contribution is 6.30. The highest BCUT2D eigenvalue weighted by Crippen LogP contribution is 2.17. The number of hydrazine groups is 1. The number of halogens is 1. The zero-order chi connectivity index (χ0) is 18.4. The molecule has 2 aromatic carbocycles. The number of benzene rings is 2. The average Bonchev–Trinajstić information content (AvgIpc) is 3.18. The van der Waals surface area contributed by atoms with Crippen molar-refractivity contribution in [3.05, 3.63) is 64.7 Å². The van der Waals surface area contributed by atoms with Crippen molar-refractivity contribution < 1.29 is 19.1 Å². The predicted molar refractivity (Wildman–Crippen MR) is 97.3 cm³/mol. The van der Waals surface area contributed by atoms with Gasteiger partial charge in [-0.05, 0) is 55.3 Å². The van der Waals surface area contributed by atoms with Crippen LogP contribution in [0.5, 0.6) is 5.75 Å². The van der Waals surface area contributed by atoms with Crippen molar-refractivity contribution in [1.82, 2.24) is 10.9 Å². The quantitative estimate of drug-likeness (QED) is 0.789. The molecule has 2 N–H and O–H groups in total. The number of rotatable bonds is 5. The molecule has 2 aromatic rings. The average molecular weight is 375 g/mol. The van der Waals surface area contributed by atoms with Crippen LogP contribution in [0, 0.1) is 0 Å². The molecule has 7 heteroatoms. The second-order valence-electron chi connectivity index (χ2n) is 5.89. The van der Waals surface area contributed by atoms with Crippen LogP contribution in [0.4, 0.5) is 0 Å². The van der Waals surface area contributed by atoms with E-state index in [4.69, 9.17) is 21.1 Å². The molecule has 1 unspecified atom stereocenters. The van der Waals surface area contributed by atoms with Crippen LogP contribution < -0.4 is 15.6 Å². The van der Waals surface area contributed by atoms with Gasteiger partial charge in [0.25, 0.3) is 11.8 Å². The molecule has 0 bridgehead atoms. The van der Waals surface area contributed by atoms with Gasteiger partial charge in [0.1, 0.15) is 12.4 Å². The number of ether oxygens (including phenoxy) is 2. The van der Waals surface area contributed by atoms with E-state index in [1.165, 1.54) is 0 Å². The van der Waals surface area contributed by atoms with E-state index in [1.54, 1.807) is 48.5 Å². The van der Waals surface area contributed by atoms with Crippen molar-refractivity contribution >= 4 is 23.4 Å². The van der Waals surface area contributed by atoms with E-state index in [0.29, 0.717) is 28.5 Å². The summed E-state index contributed by atoms with van der Waals surface area (Å²) in [4.78, 5) is 24.2. The molecule has 136 valence electrons. The lowest BCUT2D eigenvalue weighted by molar-refractivity contribution is 0.0679. The third-order valence-corrected chi connectivity index (χ3v) is 4.20. The Labute approximate surface area is 156 Å². The Bertz CT molecular complexity index is 773. The monoisotopic (exact) mass is 374 g/mol. The van der Waals surface area contributed by atoms with E-state index in [9.17, 15) is 9.59 Å². The first-order chi connectivity index (χ1) is 12.6. The molecule has 3 rings (SSSR count). The summed E-state index contributed by atoms with van der Waals surface area (Å²) in [6.45, 7) is 1.22. The van der Waals surface area contributed by atoms with Crippen molar-refractivity contribution in [2.75, 3.05) is 13.2 Å². The number of carbonyl (C=O) groups excluding carboxylic acids is 2. The fourth-order valence-corrected chi connectivity index (χ4v) is 2.68. The summed E-state index contributed by atoms with van der Waals surface area (Å²) in [5, 5.41) is 0.533. The maximum atomic E-state index is 12.2. The topological polar surface area (TPSA) is 76.7 Å². The third-order valence-electron chi connectivity index (χ3n) is 3.95. The molecule has 0 aromatic heterocycles. The van der Waals surface area contributed by atoms with Crippen LogP contribution in [0.3, 0.4) is 0 Å². The molecule has 0 radical (unpaired) electrons. The van der Waals surface area contributed by atoms with Gasteiger partial charge in [0.2, 0.25) is 0 Å². The normalized spacial score (nSPS) is 16.1. The molecule has 6 nitrogen and oxygen atoms in total. The molecule has 1 heterocycles. The second kappa shape index (κ2) is 8.69. The number of amides is 2. The van der Waals surface area contributed by atoms with Crippen LogP contribution in [0.25, 0.3) is 0 Å². The fourth-order valence-electron chi connectivity index (χ4n) is 2.55. The lowest BCUT2D eigenvalue weighted by Gasteiger charge is -2.12. The number of hydrogen-bond donors (Lipinski definition) is 2. The molecular weight excluding hydrogens is 356 g/mol. The van der Waals surface area contributed by atoms with Gasteiger partial charge < -0.3 is 9.47 Å². The summed E-state index contributed by atoms with van der Waals surface area (Å²) in [5.74, 6) is -0.284. The largest absolute Gasteiger partial charge is 0.491 e.